The summed E-state index contributed by atoms with van der Waals surface area (Å²) in [6.45, 7) is 8.27. The zero-order valence-electron chi connectivity index (χ0n) is 17.7. The van der Waals surface area contributed by atoms with Crippen molar-refractivity contribution < 1.29 is 14.2 Å². The van der Waals surface area contributed by atoms with Crippen LogP contribution in [0.5, 0.6) is 0 Å². The van der Waals surface area contributed by atoms with Gasteiger partial charge in [-0.05, 0) is 44.3 Å². The Morgan fingerprint density at radius 3 is 2.52 bits per heavy atom. The van der Waals surface area contributed by atoms with Crippen LogP contribution >= 0.6 is 7.55 Å². The Hall–Kier alpha value is -1.09. The first kappa shape index (κ1) is 23.9. The van der Waals surface area contributed by atoms with E-state index in [0.29, 0.717) is 6.42 Å². The summed E-state index contributed by atoms with van der Waals surface area (Å²) >= 11 is 0. The van der Waals surface area contributed by atoms with E-state index in [-0.39, 0.29) is 18.1 Å². The Bertz CT molecular complexity index is 601. The summed E-state index contributed by atoms with van der Waals surface area (Å²) in [5.41, 5.74) is 0. The molecule has 4 heteroatoms. The van der Waals surface area contributed by atoms with Crippen molar-refractivity contribution in [2.75, 3.05) is 13.8 Å². The summed E-state index contributed by atoms with van der Waals surface area (Å²) in [5.74, 6) is 11.4. The molecule has 0 aromatic carbocycles. The molecule has 0 aromatic heterocycles. The van der Waals surface area contributed by atoms with Crippen molar-refractivity contribution in [3.05, 3.63) is 12.2 Å². The molecule has 0 spiro atoms. The molecule has 0 aliphatic carbocycles. The van der Waals surface area contributed by atoms with Crippen LogP contribution in [-0.2, 0) is 14.2 Å². The Kier molecular flexibility index (Phi) is 11.7. The second-order valence-corrected chi connectivity index (χ2v) is 9.46. The van der Waals surface area contributed by atoms with E-state index < -0.39 is 13.3 Å². The van der Waals surface area contributed by atoms with Gasteiger partial charge >= 0.3 is 0 Å². The van der Waals surface area contributed by atoms with E-state index >= 15 is 0 Å². The van der Waals surface area contributed by atoms with Crippen molar-refractivity contribution in [2.45, 2.75) is 89.6 Å². The Labute approximate surface area is 167 Å². The molecule has 1 heterocycles. The van der Waals surface area contributed by atoms with Crippen LogP contribution in [0.4, 0.5) is 0 Å². The van der Waals surface area contributed by atoms with E-state index in [9.17, 15) is 0 Å². The van der Waals surface area contributed by atoms with Gasteiger partial charge in [0.05, 0.1) is 25.2 Å². The summed E-state index contributed by atoms with van der Waals surface area (Å²) in [5, 5.41) is 0. The monoisotopic (exact) mass is 391 g/mol. The Morgan fingerprint density at radius 2 is 1.85 bits per heavy atom. The van der Waals surface area contributed by atoms with Crippen LogP contribution < -0.4 is 0 Å². The summed E-state index contributed by atoms with van der Waals surface area (Å²) in [6, 6.07) is 0. The van der Waals surface area contributed by atoms with Gasteiger partial charge in [0.25, 0.3) is 0 Å². The third-order valence-electron chi connectivity index (χ3n) is 4.42. The normalized spacial score (nSPS) is 22.6. The van der Waals surface area contributed by atoms with Crippen LogP contribution in [0.15, 0.2) is 12.2 Å². The topological polar surface area (TPSA) is 27.7 Å². The molecule has 150 valence electrons. The molecule has 1 saturated heterocycles. The Morgan fingerprint density at radius 1 is 1.15 bits per heavy atom. The molecule has 0 radical (unpaired) electrons. The lowest BCUT2D eigenvalue weighted by atomic mass is 10.0. The maximum Gasteiger partial charge on any atom is 0.233 e. The average molecular weight is 392 g/mol. The lowest BCUT2D eigenvalue weighted by Gasteiger charge is -2.16. The number of methoxy groups -OCH3 is 1. The highest BCUT2D eigenvalue weighted by atomic mass is 31.1. The summed E-state index contributed by atoms with van der Waals surface area (Å²) < 4.78 is 17.4. The predicted octanol–water partition coefficient (Wildman–Crippen LogP) is 5.34. The zero-order chi connectivity index (χ0) is 20.1. The SMILES string of the molecule is C=[P+](C)C(C=CC#CC#CCC1OC(C)(C)OC1CCCCCCC)OC. The fraction of sp³-hybridized carbons (Fsp3) is 0.696. The smallest absolute Gasteiger partial charge is 0.233 e. The minimum absolute atomic E-state index is 0.0312. The summed E-state index contributed by atoms with van der Waals surface area (Å²) in [4.78, 5) is 0. The molecule has 0 N–H and O–H groups in total. The maximum atomic E-state index is 6.07. The van der Waals surface area contributed by atoms with E-state index in [0.717, 1.165) is 6.42 Å². The third kappa shape index (κ3) is 10.1. The quantitative estimate of drug-likeness (QED) is 0.286. The second-order valence-electron chi connectivity index (χ2n) is 7.43. The van der Waals surface area contributed by atoms with Crippen molar-refractivity contribution in [3.63, 3.8) is 0 Å². The molecule has 3 nitrogen and oxygen atoms in total. The molecule has 0 saturated carbocycles. The largest absolute Gasteiger partial charge is 0.345 e. The first-order valence-electron chi connectivity index (χ1n) is 9.96. The number of rotatable bonds is 10. The molecule has 0 bridgehead atoms. The predicted molar refractivity (Wildman–Crippen MR) is 117 cm³/mol. The van der Waals surface area contributed by atoms with Gasteiger partial charge in [0.2, 0.25) is 5.85 Å². The minimum Gasteiger partial charge on any atom is -0.345 e. The lowest BCUT2D eigenvalue weighted by molar-refractivity contribution is -0.146. The number of allylic oxidation sites excluding steroid dienone is 1. The van der Waals surface area contributed by atoms with Gasteiger partial charge in [-0.2, -0.15) is 0 Å². The number of hydrogen-bond donors (Lipinski definition) is 0. The second kappa shape index (κ2) is 13.1. The highest BCUT2D eigenvalue weighted by molar-refractivity contribution is 7.55. The molecule has 1 aliphatic heterocycles. The molecule has 0 amide bonds. The van der Waals surface area contributed by atoms with Gasteiger partial charge < -0.3 is 14.2 Å². The summed E-state index contributed by atoms with van der Waals surface area (Å²) in [7, 11) is 1.28. The fourth-order valence-corrected chi connectivity index (χ4v) is 3.82. The fourth-order valence-electron chi connectivity index (χ4n) is 3.09. The van der Waals surface area contributed by atoms with Gasteiger partial charge in [0.1, 0.15) is 7.55 Å². The van der Waals surface area contributed by atoms with Gasteiger partial charge in [-0.3, -0.25) is 0 Å². The van der Waals surface area contributed by atoms with Gasteiger partial charge in [0.15, 0.2) is 5.79 Å². The molecule has 1 aliphatic rings. The Balaban J connectivity index is 2.47. The lowest BCUT2D eigenvalue weighted by Crippen LogP contribution is -2.21. The van der Waals surface area contributed by atoms with E-state index in [1.807, 2.05) is 19.9 Å². The van der Waals surface area contributed by atoms with E-state index in [1.165, 1.54) is 32.1 Å². The van der Waals surface area contributed by atoms with Crippen LogP contribution in [0.1, 0.15) is 65.7 Å². The standard InChI is InChI=1S/C23H36O3P/c1-7-8-9-11-14-17-20-21(26-23(2,3)25-20)18-15-12-10-13-16-19-22(24-4)27(5)6/h16,19-22H,5,7-9,11,14,17-18H2,1-4,6H3/q+1. The van der Waals surface area contributed by atoms with Gasteiger partial charge in [-0.1, -0.05) is 50.9 Å². The molecule has 0 aromatic rings. The van der Waals surface area contributed by atoms with Crippen molar-refractivity contribution in [2.24, 2.45) is 0 Å². The highest BCUT2D eigenvalue weighted by Crippen LogP contribution is 2.32. The van der Waals surface area contributed by atoms with Crippen LogP contribution in [0.3, 0.4) is 0 Å². The molecule has 4 atom stereocenters. The van der Waals surface area contributed by atoms with Crippen LogP contribution in [0.25, 0.3) is 0 Å². The molecule has 1 rings (SSSR count). The number of unbranched alkanes of at least 4 members (excludes halogenated alkanes) is 4. The molecule has 4 unspecified atom stereocenters. The maximum absolute atomic E-state index is 6.07. The highest BCUT2D eigenvalue weighted by Gasteiger charge is 2.40. The third-order valence-corrected chi connectivity index (χ3v) is 5.68. The van der Waals surface area contributed by atoms with E-state index in [2.05, 4.69) is 43.6 Å². The van der Waals surface area contributed by atoms with Crippen LogP contribution in [0.2, 0.25) is 0 Å². The van der Waals surface area contributed by atoms with Gasteiger partial charge in [-0.25, -0.2) is 0 Å². The van der Waals surface area contributed by atoms with Crippen LogP contribution in [-0.4, -0.2) is 43.9 Å². The first-order valence-corrected chi connectivity index (χ1v) is 12.0. The van der Waals surface area contributed by atoms with Crippen molar-refractivity contribution in [1.29, 1.82) is 0 Å². The molecular weight excluding hydrogens is 355 g/mol. The summed E-state index contributed by atoms with van der Waals surface area (Å²) in [6.07, 6.45) is 16.0. The zero-order valence-corrected chi connectivity index (χ0v) is 18.6. The van der Waals surface area contributed by atoms with E-state index in [4.69, 9.17) is 14.2 Å². The van der Waals surface area contributed by atoms with Crippen LogP contribution in [0, 0.1) is 23.7 Å². The first-order chi connectivity index (χ1) is 12.9. The van der Waals surface area contributed by atoms with E-state index in [1.54, 1.807) is 13.2 Å². The van der Waals surface area contributed by atoms with Gasteiger partial charge in [-0.15, -0.1) is 0 Å². The number of hydrogen-bond acceptors (Lipinski definition) is 3. The molecular formula is C23H36O3P+. The van der Waals surface area contributed by atoms with Crippen molar-refractivity contribution in [1.82, 2.24) is 0 Å². The van der Waals surface area contributed by atoms with Crippen molar-refractivity contribution >= 4 is 13.8 Å². The minimum atomic E-state index is -0.517. The number of ether oxygens (including phenoxy) is 3. The molecule has 27 heavy (non-hydrogen) atoms. The van der Waals surface area contributed by atoms with Crippen molar-refractivity contribution in [3.8, 4) is 23.7 Å². The molecule has 1 fully saturated rings. The van der Waals surface area contributed by atoms with Gasteiger partial charge in [0, 0.05) is 13.5 Å². The average Bonchev–Trinajstić information content (AvgIpc) is 2.90.